The first-order valence-corrected chi connectivity index (χ1v) is 16.2. The lowest BCUT2D eigenvalue weighted by Crippen LogP contribution is -2.55. The Hall–Kier alpha value is -3.13. The summed E-state index contributed by atoms with van der Waals surface area (Å²) in [4.78, 5) is 29.4. The van der Waals surface area contributed by atoms with Gasteiger partial charge >= 0.3 is 11.9 Å². The number of methoxy groups -OCH3 is 1. The largest absolute Gasteiger partial charge is 0.456 e. The van der Waals surface area contributed by atoms with Crippen molar-refractivity contribution in [2.24, 2.45) is 30.7 Å². The average Bonchev–Trinajstić information content (AvgIpc) is 3.61. The van der Waals surface area contributed by atoms with Gasteiger partial charge in [0.05, 0.1) is 25.2 Å². The lowest BCUT2D eigenvalue weighted by molar-refractivity contribution is -0.277. The second kappa shape index (κ2) is 14.2. The van der Waals surface area contributed by atoms with E-state index in [9.17, 15) is 19.8 Å². The molecule has 0 radical (unpaired) electrons. The first-order chi connectivity index (χ1) is 22.2. The molecule has 1 fully saturated rings. The van der Waals surface area contributed by atoms with Gasteiger partial charge in [0, 0.05) is 38.9 Å². The van der Waals surface area contributed by atoms with Crippen LogP contribution in [0.3, 0.4) is 0 Å². The zero-order valence-electron chi connectivity index (χ0n) is 28.2. The van der Waals surface area contributed by atoms with Crippen LogP contribution in [0.25, 0.3) is 6.08 Å². The number of carbonyl (C=O) groups is 2. The Bertz CT molecular complexity index is 1430. The van der Waals surface area contributed by atoms with Crippen LogP contribution >= 0.6 is 0 Å². The molecule has 0 spiro atoms. The van der Waals surface area contributed by atoms with Crippen LogP contribution < -0.4 is 0 Å². The number of hydrogen-bond acceptors (Lipinski definition) is 11. The minimum absolute atomic E-state index is 0.0137. The Morgan fingerprint density at radius 2 is 2.00 bits per heavy atom. The Morgan fingerprint density at radius 1 is 1.23 bits per heavy atom. The second-order valence-corrected chi connectivity index (χ2v) is 13.6. The van der Waals surface area contributed by atoms with E-state index in [1.165, 1.54) is 18.6 Å². The molecule has 1 aromatic rings. The van der Waals surface area contributed by atoms with Gasteiger partial charge in [0.15, 0.2) is 12.4 Å². The maximum atomic E-state index is 13.3. The van der Waals surface area contributed by atoms with E-state index in [0.717, 1.165) is 6.42 Å². The summed E-state index contributed by atoms with van der Waals surface area (Å²) in [6.07, 6.45) is 10.3. The van der Waals surface area contributed by atoms with Crippen molar-refractivity contribution < 1.29 is 48.2 Å². The molecule has 0 aromatic carbocycles. The monoisotopic (exact) mass is 656 g/mol. The summed E-state index contributed by atoms with van der Waals surface area (Å²) in [7, 11) is 3.40. The van der Waals surface area contributed by atoms with Gasteiger partial charge in [-0.2, -0.15) is 0 Å². The van der Waals surface area contributed by atoms with Crippen LogP contribution in [-0.2, 0) is 45.1 Å². The van der Waals surface area contributed by atoms with Gasteiger partial charge in [-0.1, -0.05) is 31.6 Å². The van der Waals surface area contributed by atoms with Crippen LogP contribution in [0.4, 0.5) is 0 Å². The van der Waals surface area contributed by atoms with E-state index in [-0.39, 0.29) is 31.0 Å². The number of nitrogens with zero attached hydrogens (tertiary/aromatic N) is 2. The summed E-state index contributed by atoms with van der Waals surface area (Å²) >= 11 is 0. The summed E-state index contributed by atoms with van der Waals surface area (Å²) in [6.45, 7) is 9.36. The molecule has 1 saturated heterocycles. The van der Waals surface area contributed by atoms with E-state index in [1.54, 1.807) is 30.3 Å². The van der Waals surface area contributed by atoms with Crippen LogP contribution in [0.5, 0.6) is 0 Å². The fourth-order valence-electron chi connectivity index (χ4n) is 7.17. The van der Waals surface area contributed by atoms with Crippen molar-refractivity contribution >= 4 is 18.0 Å². The first kappa shape index (κ1) is 35.2. The Balaban J connectivity index is 1.49. The van der Waals surface area contributed by atoms with Crippen molar-refractivity contribution in [3.63, 3.8) is 0 Å². The summed E-state index contributed by atoms with van der Waals surface area (Å²) in [6, 6.07) is 0. The summed E-state index contributed by atoms with van der Waals surface area (Å²) in [5, 5.41) is 20.8. The number of carbonyl (C=O) groups excluding carboxylic acids is 2. The predicted molar refractivity (Wildman–Crippen MR) is 170 cm³/mol. The Labute approximate surface area is 276 Å². The van der Waals surface area contributed by atoms with Gasteiger partial charge in [0.2, 0.25) is 5.79 Å². The highest BCUT2D eigenvalue weighted by Crippen LogP contribution is 2.49. The van der Waals surface area contributed by atoms with Crippen molar-refractivity contribution in [3.05, 3.63) is 59.7 Å². The Kier molecular flexibility index (Phi) is 10.6. The Morgan fingerprint density at radius 3 is 2.66 bits per heavy atom. The number of aliphatic hydroxyl groups excluding tert-OH is 2. The number of allylic oxidation sites excluding steroid dienone is 3. The number of ether oxygens (including phenoxy) is 6. The summed E-state index contributed by atoms with van der Waals surface area (Å²) < 4.78 is 38.1. The molecular weight excluding hydrogens is 608 g/mol. The number of aryl methyl sites for hydroxylation is 1. The molecule has 2 bridgehead atoms. The molecule has 4 heterocycles. The molecule has 258 valence electrons. The van der Waals surface area contributed by atoms with Gasteiger partial charge in [0.25, 0.3) is 0 Å². The normalized spacial score (nSPS) is 38.2. The van der Waals surface area contributed by atoms with Gasteiger partial charge in [-0.3, -0.25) is 4.79 Å². The summed E-state index contributed by atoms with van der Waals surface area (Å²) in [5.41, 5.74) is 1.43. The molecule has 12 heteroatoms. The predicted octanol–water partition coefficient (Wildman–Crippen LogP) is 3.24. The highest BCUT2D eigenvalue weighted by molar-refractivity contribution is 5.86. The quantitative estimate of drug-likeness (QED) is 0.229. The molecule has 12 nitrogen and oxygen atoms in total. The molecule has 0 unspecified atom stereocenters. The molecule has 10 atom stereocenters. The molecular formula is C35H48N2O10. The highest BCUT2D eigenvalue weighted by atomic mass is 16.7. The van der Waals surface area contributed by atoms with E-state index in [4.69, 9.17) is 28.4 Å². The van der Waals surface area contributed by atoms with E-state index in [1.807, 2.05) is 26.1 Å². The molecule has 4 aliphatic rings. The number of esters is 2. The fourth-order valence-corrected chi connectivity index (χ4v) is 7.17. The summed E-state index contributed by atoms with van der Waals surface area (Å²) in [5.74, 6) is -1.90. The number of aromatic nitrogens is 2. The van der Waals surface area contributed by atoms with Gasteiger partial charge in [-0.25, -0.2) is 9.78 Å². The number of fused-ring (bicyclic) bond motifs is 3. The third-order valence-electron chi connectivity index (χ3n) is 9.88. The minimum atomic E-state index is -1.39. The van der Waals surface area contributed by atoms with Crippen molar-refractivity contribution in [2.45, 2.75) is 89.6 Å². The smallest absolute Gasteiger partial charge is 0.331 e. The van der Waals surface area contributed by atoms with E-state index in [2.05, 4.69) is 37.9 Å². The topological polar surface area (TPSA) is 148 Å². The zero-order valence-corrected chi connectivity index (χ0v) is 28.2. The van der Waals surface area contributed by atoms with E-state index >= 15 is 0 Å². The van der Waals surface area contributed by atoms with Crippen LogP contribution in [0, 0.1) is 23.7 Å². The molecule has 47 heavy (non-hydrogen) atoms. The molecule has 3 aliphatic heterocycles. The first-order valence-electron chi connectivity index (χ1n) is 16.2. The van der Waals surface area contributed by atoms with Gasteiger partial charge in [0.1, 0.15) is 23.9 Å². The number of rotatable bonds is 9. The van der Waals surface area contributed by atoms with Crippen LogP contribution in [0.1, 0.15) is 53.2 Å². The van der Waals surface area contributed by atoms with Crippen molar-refractivity contribution in [3.8, 4) is 0 Å². The number of aliphatic hydroxyl groups is 2. The van der Waals surface area contributed by atoms with Gasteiger partial charge in [-0.05, 0) is 68.6 Å². The third kappa shape index (κ3) is 7.48. The van der Waals surface area contributed by atoms with Crippen LogP contribution in [-0.4, -0.2) is 94.1 Å². The molecule has 1 aromatic heterocycles. The maximum absolute atomic E-state index is 13.3. The SMILES string of the molecule is CO[C@]12C=C[C@](C)(O1)[C@@H](OC(=O)/C=C/c1cn(C)cn1)C[C@H]1C(C)=CC[C@H](C(C)C)[C@@H]1/C=C\2CO[C@H]1OC[C@H](O)[C@H](O)[C@@H]1OC(C)=O. The molecule has 1 aliphatic carbocycles. The van der Waals surface area contributed by atoms with Crippen LogP contribution in [0.2, 0.25) is 0 Å². The minimum Gasteiger partial charge on any atom is -0.456 e. The lowest BCUT2D eigenvalue weighted by atomic mass is 9.65. The third-order valence-corrected chi connectivity index (χ3v) is 9.88. The molecule has 0 saturated carbocycles. The van der Waals surface area contributed by atoms with Gasteiger partial charge < -0.3 is 43.2 Å². The van der Waals surface area contributed by atoms with E-state index in [0.29, 0.717) is 23.6 Å². The van der Waals surface area contributed by atoms with E-state index < -0.39 is 54.0 Å². The van der Waals surface area contributed by atoms with Crippen molar-refractivity contribution in [1.29, 1.82) is 0 Å². The molecule has 5 rings (SSSR count). The second-order valence-electron chi connectivity index (χ2n) is 13.6. The molecule has 2 N–H and O–H groups in total. The van der Waals surface area contributed by atoms with Crippen molar-refractivity contribution in [2.75, 3.05) is 20.3 Å². The van der Waals surface area contributed by atoms with Crippen molar-refractivity contribution in [1.82, 2.24) is 9.55 Å². The number of hydrogen-bond donors (Lipinski definition) is 2. The maximum Gasteiger partial charge on any atom is 0.331 e. The highest BCUT2D eigenvalue weighted by Gasteiger charge is 2.54. The lowest BCUT2D eigenvalue weighted by Gasteiger charge is -2.41. The standard InChI is InChI=1S/C35H48N2O10/c1-20(2)25-10-8-21(3)26-15-29(46-30(40)11-9-24-16-37(6)19-36-24)34(5)12-13-35(42-7,47-34)23(14-27(25)26)17-43-33-32(45-22(4)38)31(41)28(39)18-44-33/h8-9,11-14,16,19-20,25-29,31-33,39,41H,10,15,17-18H2,1-7H3/b11-9+,23-14-/t25-,26+,27+,28+,29+,31+,32+,33+,34+,35-/m1/s1. The zero-order chi connectivity index (χ0) is 34.1. The molecule has 0 amide bonds. The van der Waals surface area contributed by atoms with Gasteiger partial charge in [-0.15, -0.1) is 0 Å². The fraction of sp³-hybridized carbons (Fsp3) is 0.629. The van der Waals surface area contributed by atoms with Crippen LogP contribution in [0.15, 0.2) is 54.1 Å². The number of imidazole rings is 1. The average molecular weight is 657 g/mol.